The maximum absolute atomic E-state index is 11.2. The van der Waals surface area contributed by atoms with Crippen molar-refractivity contribution >= 4 is 27.7 Å². The van der Waals surface area contributed by atoms with Crippen LogP contribution in [0.2, 0.25) is 0 Å². The minimum absolute atomic E-state index is 0.207. The van der Waals surface area contributed by atoms with E-state index in [9.17, 15) is 9.90 Å². The topological polar surface area (TPSA) is 75.4 Å². The number of hydrogen-bond acceptors (Lipinski definition) is 5. The molecule has 0 spiro atoms. The van der Waals surface area contributed by atoms with Gasteiger partial charge in [0.05, 0.1) is 19.3 Å². The normalized spacial score (nSPS) is 12.8. The van der Waals surface area contributed by atoms with Crippen molar-refractivity contribution in [2.24, 2.45) is 0 Å². The Balaban J connectivity index is 3.05. The summed E-state index contributed by atoms with van der Waals surface area (Å²) in [6.45, 7) is -0.115. The summed E-state index contributed by atoms with van der Waals surface area (Å²) in [7, 11) is 0. The van der Waals surface area contributed by atoms with Crippen molar-refractivity contribution in [2.45, 2.75) is 17.8 Å². The first-order valence-corrected chi connectivity index (χ1v) is 6.20. The van der Waals surface area contributed by atoms with Crippen LogP contribution < -0.4 is 5.56 Å². The van der Waals surface area contributed by atoms with Gasteiger partial charge >= 0.3 is 0 Å². The second kappa shape index (κ2) is 5.64. The van der Waals surface area contributed by atoms with Crippen LogP contribution in [0.25, 0.3) is 0 Å². The number of halogens is 1. The molecule has 0 saturated heterocycles. The van der Waals surface area contributed by atoms with Crippen LogP contribution in [0, 0.1) is 0 Å². The van der Waals surface area contributed by atoms with Crippen LogP contribution >= 0.6 is 27.7 Å². The molecule has 7 heteroatoms. The van der Waals surface area contributed by atoms with E-state index < -0.39 is 6.10 Å². The van der Waals surface area contributed by atoms with E-state index in [-0.39, 0.29) is 18.7 Å². The van der Waals surface area contributed by atoms with Gasteiger partial charge in [0.1, 0.15) is 4.47 Å². The van der Waals surface area contributed by atoms with Crippen molar-refractivity contribution in [1.29, 1.82) is 0 Å². The summed E-state index contributed by atoms with van der Waals surface area (Å²) in [6, 6.07) is 0. The summed E-state index contributed by atoms with van der Waals surface area (Å²) in [5.41, 5.74) is -0.339. The quantitative estimate of drug-likeness (QED) is 0.608. The van der Waals surface area contributed by atoms with E-state index in [1.54, 1.807) is 17.0 Å². The van der Waals surface area contributed by atoms with E-state index in [2.05, 4.69) is 20.9 Å². The van der Waals surface area contributed by atoms with Crippen molar-refractivity contribution in [1.82, 2.24) is 9.55 Å². The molecular formula is C8H11BrN2O3S. The molecule has 1 aromatic rings. The van der Waals surface area contributed by atoms with Crippen LogP contribution in [0.5, 0.6) is 0 Å². The SMILES string of the molecule is CSc1nc(=O)c(Br)cn1C[C@H](O)CO. The maximum atomic E-state index is 11.2. The molecule has 0 radical (unpaired) electrons. The van der Waals surface area contributed by atoms with Crippen LogP contribution in [0.15, 0.2) is 20.6 Å². The minimum Gasteiger partial charge on any atom is -0.394 e. The molecule has 84 valence electrons. The predicted octanol–water partition coefficient (Wildman–Crippen LogP) is 0.0809. The molecule has 2 N–H and O–H groups in total. The first-order chi connectivity index (χ1) is 7.08. The monoisotopic (exact) mass is 294 g/mol. The smallest absolute Gasteiger partial charge is 0.287 e. The van der Waals surface area contributed by atoms with Crippen LogP contribution in [0.1, 0.15) is 0 Å². The Kier molecular flexibility index (Phi) is 4.78. The molecule has 0 bridgehead atoms. The van der Waals surface area contributed by atoms with Gasteiger partial charge in [-0.05, 0) is 22.2 Å². The summed E-state index contributed by atoms with van der Waals surface area (Å²) < 4.78 is 1.96. The number of aliphatic hydroxyl groups excluding tert-OH is 2. The first-order valence-electron chi connectivity index (χ1n) is 4.18. The molecule has 5 nitrogen and oxygen atoms in total. The Morgan fingerprint density at radius 1 is 1.73 bits per heavy atom. The molecule has 0 saturated carbocycles. The molecule has 0 aliphatic heterocycles. The third-order valence-corrected chi connectivity index (χ3v) is 2.95. The summed E-state index contributed by atoms with van der Waals surface area (Å²) >= 11 is 4.38. The van der Waals surface area contributed by atoms with E-state index >= 15 is 0 Å². The largest absolute Gasteiger partial charge is 0.394 e. The van der Waals surface area contributed by atoms with Crippen molar-refractivity contribution in [3.8, 4) is 0 Å². The van der Waals surface area contributed by atoms with Gasteiger partial charge in [-0.15, -0.1) is 0 Å². The highest BCUT2D eigenvalue weighted by molar-refractivity contribution is 9.10. The van der Waals surface area contributed by atoms with E-state index in [0.717, 1.165) is 0 Å². The van der Waals surface area contributed by atoms with Crippen LogP contribution in [0.3, 0.4) is 0 Å². The van der Waals surface area contributed by atoms with E-state index in [1.165, 1.54) is 11.8 Å². The Hall–Kier alpha value is -0.370. The molecule has 0 fully saturated rings. The van der Waals surface area contributed by atoms with Crippen LogP contribution in [-0.2, 0) is 6.54 Å². The molecule has 0 aliphatic rings. The second-order valence-corrected chi connectivity index (χ2v) is 4.50. The number of thioether (sulfide) groups is 1. The zero-order chi connectivity index (χ0) is 11.4. The summed E-state index contributed by atoms with van der Waals surface area (Å²) in [4.78, 5) is 15.0. The molecule has 0 aromatic carbocycles. The fraction of sp³-hybridized carbons (Fsp3) is 0.500. The Morgan fingerprint density at radius 2 is 2.40 bits per heavy atom. The summed E-state index contributed by atoms with van der Waals surface area (Å²) in [5.74, 6) is 0. The van der Waals surface area contributed by atoms with Crippen molar-refractivity contribution in [3.05, 3.63) is 21.0 Å². The lowest BCUT2D eigenvalue weighted by Crippen LogP contribution is -2.23. The standard InChI is InChI=1S/C8H11BrN2O3S/c1-15-8-10-7(14)6(9)3-11(8)2-5(13)4-12/h3,5,12-13H,2,4H2,1H3/t5-/m0/s1. The van der Waals surface area contributed by atoms with Gasteiger partial charge in [0, 0.05) is 6.20 Å². The van der Waals surface area contributed by atoms with Gasteiger partial charge in [-0.1, -0.05) is 11.8 Å². The second-order valence-electron chi connectivity index (χ2n) is 2.87. The lowest BCUT2D eigenvalue weighted by atomic mass is 10.4. The predicted molar refractivity (Wildman–Crippen MR) is 61.1 cm³/mol. The lowest BCUT2D eigenvalue weighted by Gasteiger charge is -2.13. The zero-order valence-corrected chi connectivity index (χ0v) is 10.5. The average Bonchev–Trinajstić information content (AvgIpc) is 2.22. The van der Waals surface area contributed by atoms with Gasteiger partial charge in [-0.25, -0.2) is 0 Å². The maximum Gasteiger partial charge on any atom is 0.287 e. The summed E-state index contributed by atoms with van der Waals surface area (Å²) in [5, 5.41) is 18.5. The minimum atomic E-state index is -0.855. The summed E-state index contributed by atoms with van der Waals surface area (Å²) in [6.07, 6.45) is 2.49. The highest BCUT2D eigenvalue weighted by Gasteiger charge is 2.09. The van der Waals surface area contributed by atoms with Gasteiger partial charge < -0.3 is 14.8 Å². The average molecular weight is 295 g/mol. The van der Waals surface area contributed by atoms with Gasteiger partial charge in [-0.2, -0.15) is 4.98 Å². The molecule has 0 aliphatic carbocycles. The van der Waals surface area contributed by atoms with Crippen LogP contribution in [-0.4, -0.2) is 38.7 Å². The number of nitrogens with zero attached hydrogens (tertiary/aromatic N) is 2. The fourth-order valence-corrected chi connectivity index (χ4v) is 1.90. The number of aliphatic hydroxyl groups is 2. The molecule has 1 aromatic heterocycles. The highest BCUT2D eigenvalue weighted by Crippen LogP contribution is 2.13. The van der Waals surface area contributed by atoms with E-state index in [1.807, 2.05) is 0 Å². The Bertz CT molecular complexity index is 396. The Morgan fingerprint density at radius 3 is 2.93 bits per heavy atom. The number of rotatable bonds is 4. The first kappa shape index (κ1) is 12.7. The van der Waals surface area contributed by atoms with Gasteiger partial charge in [0.25, 0.3) is 5.56 Å². The van der Waals surface area contributed by atoms with E-state index in [0.29, 0.717) is 9.63 Å². The third kappa shape index (κ3) is 3.30. The molecular weight excluding hydrogens is 284 g/mol. The molecule has 1 atom stereocenters. The molecule has 0 amide bonds. The lowest BCUT2D eigenvalue weighted by molar-refractivity contribution is 0.0785. The Labute approximate surface area is 99.3 Å². The van der Waals surface area contributed by atoms with Crippen LogP contribution in [0.4, 0.5) is 0 Å². The van der Waals surface area contributed by atoms with Crippen molar-refractivity contribution < 1.29 is 10.2 Å². The van der Waals surface area contributed by atoms with E-state index in [4.69, 9.17) is 5.11 Å². The molecule has 0 unspecified atom stereocenters. The third-order valence-electron chi connectivity index (χ3n) is 1.72. The fourth-order valence-electron chi connectivity index (χ4n) is 1.03. The number of hydrogen-bond donors (Lipinski definition) is 2. The molecule has 1 rings (SSSR count). The van der Waals surface area contributed by atoms with Gasteiger partial charge in [0.2, 0.25) is 0 Å². The molecule has 15 heavy (non-hydrogen) atoms. The van der Waals surface area contributed by atoms with Crippen molar-refractivity contribution in [3.63, 3.8) is 0 Å². The zero-order valence-electron chi connectivity index (χ0n) is 8.05. The number of aromatic nitrogens is 2. The van der Waals surface area contributed by atoms with Crippen molar-refractivity contribution in [2.75, 3.05) is 12.9 Å². The molecule has 1 heterocycles. The van der Waals surface area contributed by atoms with Gasteiger partial charge in [0.15, 0.2) is 5.16 Å². The highest BCUT2D eigenvalue weighted by atomic mass is 79.9. The van der Waals surface area contributed by atoms with Gasteiger partial charge in [-0.3, -0.25) is 4.79 Å².